The molecule has 0 unspecified atom stereocenters. The highest BCUT2D eigenvalue weighted by molar-refractivity contribution is 9.10. The van der Waals surface area contributed by atoms with E-state index in [1.807, 2.05) is 41.9 Å². The van der Waals surface area contributed by atoms with Gasteiger partial charge in [0.1, 0.15) is 5.69 Å². The van der Waals surface area contributed by atoms with E-state index in [9.17, 15) is 4.79 Å². The number of fused-ring (bicyclic) bond motifs is 2. The summed E-state index contributed by atoms with van der Waals surface area (Å²) in [6.45, 7) is 0. The van der Waals surface area contributed by atoms with Crippen LogP contribution >= 0.6 is 15.9 Å². The number of benzene rings is 1. The predicted molar refractivity (Wildman–Crippen MR) is 94.4 cm³/mol. The van der Waals surface area contributed by atoms with Crippen molar-refractivity contribution in [3.8, 4) is 11.3 Å². The van der Waals surface area contributed by atoms with Crippen LogP contribution in [-0.2, 0) is 7.05 Å². The van der Waals surface area contributed by atoms with Gasteiger partial charge in [0.15, 0.2) is 0 Å². The van der Waals surface area contributed by atoms with Crippen molar-refractivity contribution in [2.45, 2.75) is 37.4 Å². The Morgan fingerprint density at radius 1 is 1.26 bits per heavy atom. The van der Waals surface area contributed by atoms with Crippen LogP contribution in [-0.4, -0.2) is 28.6 Å². The van der Waals surface area contributed by atoms with Gasteiger partial charge in [-0.05, 0) is 37.5 Å². The maximum absolute atomic E-state index is 12.7. The molecule has 0 aliphatic carbocycles. The summed E-state index contributed by atoms with van der Waals surface area (Å²) >= 11 is 3.58. The first kappa shape index (κ1) is 15.0. The number of rotatable bonds is 3. The Morgan fingerprint density at radius 3 is 2.78 bits per heavy atom. The smallest absolute Gasteiger partial charge is 0.268 e. The van der Waals surface area contributed by atoms with Crippen LogP contribution in [0.4, 0.5) is 0 Å². The lowest BCUT2D eigenvalue weighted by Gasteiger charge is -2.21. The minimum absolute atomic E-state index is 0.0187. The number of hydrogen-bond donors (Lipinski definition) is 2. The molecule has 120 valence electrons. The van der Waals surface area contributed by atoms with Gasteiger partial charge in [-0.15, -0.1) is 0 Å². The third-order valence-corrected chi connectivity index (χ3v) is 5.81. The minimum Gasteiger partial charge on any atom is -0.346 e. The summed E-state index contributed by atoms with van der Waals surface area (Å²) in [6, 6.07) is 13.3. The summed E-state index contributed by atoms with van der Waals surface area (Å²) in [7, 11) is 1.95. The molecule has 1 aromatic heterocycles. The van der Waals surface area contributed by atoms with Crippen molar-refractivity contribution in [2.24, 2.45) is 7.05 Å². The van der Waals surface area contributed by atoms with Gasteiger partial charge in [0.2, 0.25) is 0 Å². The van der Waals surface area contributed by atoms with Gasteiger partial charge in [0, 0.05) is 40.9 Å². The van der Waals surface area contributed by atoms with Gasteiger partial charge in [-0.3, -0.25) is 4.79 Å². The molecule has 0 saturated carbocycles. The Bertz CT molecular complexity index is 754. The molecule has 1 aromatic carbocycles. The second-order valence-corrected chi connectivity index (χ2v) is 7.36. The molecule has 3 heterocycles. The van der Waals surface area contributed by atoms with Crippen LogP contribution < -0.4 is 10.6 Å². The lowest BCUT2D eigenvalue weighted by atomic mass is 9.95. The maximum Gasteiger partial charge on any atom is 0.268 e. The van der Waals surface area contributed by atoms with Crippen molar-refractivity contribution < 1.29 is 4.79 Å². The molecule has 2 N–H and O–H groups in total. The van der Waals surface area contributed by atoms with Crippen molar-refractivity contribution in [1.82, 2.24) is 15.2 Å². The topological polar surface area (TPSA) is 46.1 Å². The minimum atomic E-state index is 0.0187. The molecule has 2 aliphatic heterocycles. The van der Waals surface area contributed by atoms with Crippen molar-refractivity contribution in [3.63, 3.8) is 0 Å². The molecule has 2 aromatic rings. The third-order valence-electron chi connectivity index (χ3n) is 5.12. The molecule has 23 heavy (non-hydrogen) atoms. The Balaban J connectivity index is 1.56. The fourth-order valence-corrected chi connectivity index (χ4v) is 4.39. The fourth-order valence-electron chi connectivity index (χ4n) is 3.90. The molecule has 2 saturated heterocycles. The van der Waals surface area contributed by atoms with E-state index in [-0.39, 0.29) is 11.9 Å². The second kappa shape index (κ2) is 5.80. The van der Waals surface area contributed by atoms with E-state index < -0.39 is 0 Å². The quantitative estimate of drug-likeness (QED) is 0.868. The van der Waals surface area contributed by atoms with E-state index in [1.54, 1.807) is 0 Å². The third kappa shape index (κ3) is 2.62. The molecule has 0 radical (unpaired) electrons. The summed E-state index contributed by atoms with van der Waals surface area (Å²) in [5.41, 5.74) is 2.84. The largest absolute Gasteiger partial charge is 0.346 e. The normalized spacial score (nSPS) is 25.7. The van der Waals surface area contributed by atoms with Gasteiger partial charge in [-0.1, -0.05) is 34.1 Å². The summed E-state index contributed by atoms with van der Waals surface area (Å²) in [4.78, 5) is 12.7. The number of nitrogens with one attached hydrogen (secondary N) is 2. The number of hydrogen-bond acceptors (Lipinski definition) is 2. The number of nitrogens with zero attached hydrogens (tertiary/aromatic N) is 1. The first-order valence-electron chi connectivity index (χ1n) is 8.11. The van der Waals surface area contributed by atoms with Crippen molar-refractivity contribution in [2.75, 3.05) is 0 Å². The maximum atomic E-state index is 12.7. The second-order valence-electron chi connectivity index (χ2n) is 6.51. The van der Waals surface area contributed by atoms with Crippen molar-refractivity contribution in [3.05, 3.63) is 46.6 Å². The van der Waals surface area contributed by atoms with Gasteiger partial charge >= 0.3 is 0 Å². The van der Waals surface area contributed by atoms with Crippen LogP contribution in [0.25, 0.3) is 11.3 Å². The van der Waals surface area contributed by atoms with Gasteiger partial charge in [0.05, 0.1) is 0 Å². The lowest BCUT2D eigenvalue weighted by Crippen LogP contribution is -2.43. The van der Waals surface area contributed by atoms with Crippen LogP contribution in [0, 0.1) is 0 Å². The van der Waals surface area contributed by atoms with E-state index in [2.05, 4.69) is 32.6 Å². The average molecular weight is 374 g/mol. The average Bonchev–Trinajstić information content (AvgIpc) is 3.23. The van der Waals surface area contributed by atoms with E-state index >= 15 is 0 Å². The number of aromatic nitrogens is 1. The van der Waals surface area contributed by atoms with E-state index in [0.29, 0.717) is 17.8 Å². The summed E-state index contributed by atoms with van der Waals surface area (Å²) < 4.78 is 3.00. The van der Waals surface area contributed by atoms with Crippen LogP contribution in [0.5, 0.6) is 0 Å². The Hall–Kier alpha value is -1.59. The van der Waals surface area contributed by atoms with Gasteiger partial charge in [-0.2, -0.15) is 0 Å². The number of amides is 1. The van der Waals surface area contributed by atoms with E-state index in [4.69, 9.17) is 0 Å². The summed E-state index contributed by atoms with van der Waals surface area (Å²) in [5, 5.41) is 6.77. The van der Waals surface area contributed by atoms with Gasteiger partial charge < -0.3 is 15.2 Å². The molecule has 2 fully saturated rings. The molecule has 4 nitrogen and oxygen atoms in total. The summed E-state index contributed by atoms with van der Waals surface area (Å²) in [5.74, 6) is 0.0187. The Kier molecular flexibility index (Phi) is 3.77. The highest BCUT2D eigenvalue weighted by atomic mass is 79.9. The zero-order chi connectivity index (χ0) is 16.0. The Labute approximate surface area is 144 Å². The number of halogens is 1. The van der Waals surface area contributed by atoms with Crippen LogP contribution in [0.2, 0.25) is 0 Å². The van der Waals surface area contributed by atoms with Crippen molar-refractivity contribution >= 4 is 21.8 Å². The molecule has 4 rings (SSSR count). The highest BCUT2D eigenvalue weighted by Gasteiger charge is 2.39. The van der Waals surface area contributed by atoms with Gasteiger partial charge in [0.25, 0.3) is 5.91 Å². The highest BCUT2D eigenvalue weighted by Crippen LogP contribution is 2.30. The monoisotopic (exact) mass is 373 g/mol. The molecular formula is C18H20BrN3O. The lowest BCUT2D eigenvalue weighted by molar-refractivity contribution is 0.0923. The SMILES string of the molecule is Cn1c(C(=O)N[C@@H]2C[C@H]3CC[C@@H]2N3)ccc1-c1ccccc1Br. The number of carbonyl (C=O) groups is 1. The standard InChI is InChI=1S/C18H20BrN3O/c1-22-16(12-4-2-3-5-13(12)19)8-9-17(22)18(23)21-15-10-11-6-7-14(15)20-11/h2-5,8-9,11,14-15,20H,6-7,10H2,1H3,(H,21,23)/t11-,14+,15-/m1/s1. The first-order chi connectivity index (χ1) is 11.1. The Morgan fingerprint density at radius 2 is 2.09 bits per heavy atom. The predicted octanol–water partition coefficient (Wildman–Crippen LogP) is 3.08. The fraction of sp³-hybridized carbons (Fsp3) is 0.389. The molecule has 2 aliphatic rings. The molecule has 2 bridgehead atoms. The molecule has 5 heteroatoms. The zero-order valence-electron chi connectivity index (χ0n) is 13.1. The van der Waals surface area contributed by atoms with E-state index in [0.717, 1.165) is 22.2 Å². The first-order valence-corrected chi connectivity index (χ1v) is 8.90. The molecule has 3 atom stereocenters. The van der Waals surface area contributed by atoms with Crippen LogP contribution in [0.15, 0.2) is 40.9 Å². The van der Waals surface area contributed by atoms with Crippen LogP contribution in [0.1, 0.15) is 29.8 Å². The van der Waals surface area contributed by atoms with Gasteiger partial charge in [-0.25, -0.2) is 0 Å². The molecule has 1 amide bonds. The number of carbonyl (C=O) groups excluding carboxylic acids is 1. The zero-order valence-corrected chi connectivity index (χ0v) is 14.6. The van der Waals surface area contributed by atoms with Crippen molar-refractivity contribution in [1.29, 1.82) is 0 Å². The summed E-state index contributed by atoms with van der Waals surface area (Å²) in [6.07, 6.45) is 3.47. The van der Waals surface area contributed by atoms with Crippen LogP contribution in [0.3, 0.4) is 0 Å². The van der Waals surface area contributed by atoms with E-state index in [1.165, 1.54) is 12.8 Å². The molecule has 0 spiro atoms. The molecular weight excluding hydrogens is 354 g/mol.